The summed E-state index contributed by atoms with van der Waals surface area (Å²) >= 11 is 0. The minimum Gasteiger partial charge on any atom is -0.485 e. The lowest BCUT2D eigenvalue weighted by atomic mass is 9.99. The molecule has 4 rings (SSSR count). The lowest BCUT2D eigenvalue weighted by Crippen LogP contribution is -2.50. The van der Waals surface area contributed by atoms with E-state index in [0.717, 1.165) is 0 Å². The highest BCUT2D eigenvalue weighted by Crippen LogP contribution is 2.35. The number of aliphatic hydroxyl groups is 1. The zero-order chi connectivity index (χ0) is 28.6. The van der Waals surface area contributed by atoms with Gasteiger partial charge in [0.05, 0.1) is 30.4 Å². The highest BCUT2D eigenvalue weighted by atomic mass is 16.5. The standard InChI is InChI=1S/C30H35N5O5/c1-20-17-35(21(2)19-36)28(37)24-15-10-16-25(33-29(38)31-22-11-6-4-7-12-22)27(24)40-26(20)18-34(3)30(39)32-23-13-8-5-9-14-23/h4-16,20-21,26,36H,17-19H2,1-3H3,(H,32,39)(H2,31,33,38)/t20-,21-,26+/m1/s1. The van der Waals surface area contributed by atoms with E-state index < -0.39 is 18.2 Å². The largest absolute Gasteiger partial charge is 0.485 e. The number of likely N-dealkylation sites (N-methyl/N-ethyl adjacent to an activating group) is 1. The van der Waals surface area contributed by atoms with Crippen molar-refractivity contribution in [2.24, 2.45) is 5.92 Å². The molecule has 10 nitrogen and oxygen atoms in total. The van der Waals surface area contributed by atoms with E-state index in [1.165, 1.54) is 4.90 Å². The fourth-order valence-corrected chi connectivity index (χ4v) is 4.46. The van der Waals surface area contributed by atoms with Crippen LogP contribution >= 0.6 is 0 Å². The summed E-state index contributed by atoms with van der Waals surface area (Å²) in [4.78, 5) is 42.6. The summed E-state index contributed by atoms with van der Waals surface area (Å²) in [5.74, 6) is -0.326. The van der Waals surface area contributed by atoms with Crippen LogP contribution in [-0.4, -0.2) is 71.8 Å². The summed E-state index contributed by atoms with van der Waals surface area (Å²) in [6.45, 7) is 4.01. The highest BCUT2D eigenvalue weighted by molar-refractivity contribution is 6.04. The number of benzene rings is 3. The molecule has 210 valence electrons. The number of carbonyl (C=O) groups is 3. The Kier molecular flexibility index (Phi) is 9.23. The predicted molar refractivity (Wildman–Crippen MR) is 155 cm³/mol. The summed E-state index contributed by atoms with van der Waals surface area (Å²) < 4.78 is 6.46. The summed E-state index contributed by atoms with van der Waals surface area (Å²) in [6, 6.07) is 21.8. The van der Waals surface area contributed by atoms with Crippen LogP contribution in [0.15, 0.2) is 78.9 Å². The maximum atomic E-state index is 13.6. The van der Waals surface area contributed by atoms with Crippen LogP contribution in [-0.2, 0) is 0 Å². The van der Waals surface area contributed by atoms with E-state index in [4.69, 9.17) is 4.74 Å². The first-order valence-electron chi connectivity index (χ1n) is 13.2. The van der Waals surface area contributed by atoms with Gasteiger partial charge in [0.25, 0.3) is 5.91 Å². The van der Waals surface area contributed by atoms with E-state index >= 15 is 0 Å². The Morgan fingerprint density at radius 2 is 1.60 bits per heavy atom. The molecule has 0 spiro atoms. The monoisotopic (exact) mass is 545 g/mol. The van der Waals surface area contributed by atoms with Gasteiger partial charge in [-0.1, -0.05) is 49.4 Å². The third-order valence-electron chi connectivity index (χ3n) is 6.80. The first-order chi connectivity index (χ1) is 19.3. The Labute approximate surface area is 233 Å². The lowest BCUT2D eigenvalue weighted by Gasteiger charge is -2.38. The van der Waals surface area contributed by atoms with E-state index in [1.54, 1.807) is 61.3 Å². The number of aliphatic hydroxyl groups excluding tert-OH is 1. The van der Waals surface area contributed by atoms with Crippen LogP contribution in [0.1, 0.15) is 24.2 Å². The number of anilines is 3. The minimum absolute atomic E-state index is 0.208. The van der Waals surface area contributed by atoms with Crippen molar-refractivity contribution in [3.63, 3.8) is 0 Å². The summed E-state index contributed by atoms with van der Waals surface area (Å²) in [5.41, 5.74) is 1.84. The first kappa shape index (κ1) is 28.4. The Bertz CT molecular complexity index is 1320. The molecular weight excluding hydrogens is 510 g/mol. The summed E-state index contributed by atoms with van der Waals surface area (Å²) in [5, 5.41) is 18.3. The molecule has 1 aliphatic rings. The first-order valence-corrected chi connectivity index (χ1v) is 13.2. The second kappa shape index (κ2) is 13.0. The lowest BCUT2D eigenvalue weighted by molar-refractivity contribution is 0.0373. The maximum Gasteiger partial charge on any atom is 0.323 e. The molecule has 0 radical (unpaired) electrons. The molecule has 3 aromatic carbocycles. The number of nitrogens with one attached hydrogen (secondary N) is 3. The molecule has 3 aromatic rings. The molecule has 4 N–H and O–H groups in total. The van der Waals surface area contributed by atoms with Crippen LogP contribution in [0.5, 0.6) is 5.75 Å². The van der Waals surface area contributed by atoms with Crippen molar-refractivity contribution in [2.75, 3.05) is 42.7 Å². The van der Waals surface area contributed by atoms with Gasteiger partial charge in [-0.3, -0.25) is 4.79 Å². The Balaban J connectivity index is 1.62. The van der Waals surface area contributed by atoms with Crippen LogP contribution < -0.4 is 20.7 Å². The predicted octanol–water partition coefficient (Wildman–Crippen LogP) is 4.71. The van der Waals surface area contributed by atoms with Gasteiger partial charge < -0.3 is 35.6 Å². The fraction of sp³-hybridized carbons (Fsp3) is 0.300. The molecule has 0 saturated carbocycles. The quantitative estimate of drug-likeness (QED) is 0.342. The number of para-hydroxylation sites is 3. The number of carbonyl (C=O) groups excluding carboxylic acids is 3. The van der Waals surface area contributed by atoms with Crippen molar-refractivity contribution in [3.8, 4) is 5.75 Å². The van der Waals surface area contributed by atoms with Crippen molar-refractivity contribution in [2.45, 2.75) is 26.0 Å². The average molecular weight is 546 g/mol. The van der Waals surface area contributed by atoms with Crippen molar-refractivity contribution in [3.05, 3.63) is 84.4 Å². The SMILES string of the molecule is C[C@@H]1CN([C@H](C)CO)C(=O)c2cccc(NC(=O)Nc3ccccc3)c2O[C@H]1CN(C)C(=O)Nc1ccccc1. The number of hydrogen-bond donors (Lipinski definition) is 4. The van der Waals surface area contributed by atoms with Gasteiger partial charge in [0, 0.05) is 30.9 Å². The normalized spacial score (nSPS) is 17.4. The number of rotatable bonds is 7. The Morgan fingerprint density at radius 3 is 2.23 bits per heavy atom. The third-order valence-corrected chi connectivity index (χ3v) is 6.80. The molecule has 0 saturated heterocycles. The van der Waals surface area contributed by atoms with E-state index in [0.29, 0.717) is 23.6 Å². The Morgan fingerprint density at radius 1 is 0.975 bits per heavy atom. The Hall–Kier alpha value is -4.57. The van der Waals surface area contributed by atoms with Crippen molar-refractivity contribution in [1.29, 1.82) is 0 Å². The van der Waals surface area contributed by atoms with Crippen LogP contribution in [0.2, 0.25) is 0 Å². The fourth-order valence-electron chi connectivity index (χ4n) is 4.46. The number of amides is 5. The number of fused-ring (bicyclic) bond motifs is 1. The van der Waals surface area contributed by atoms with Gasteiger partial charge in [-0.25, -0.2) is 9.59 Å². The van der Waals surface area contributed by atoms with Gasteiger partial charge in [0.15, 0.2) is 5.75 Å². The molecule has 10 heteroatoms. The topological polar surface area (TPSA) is 123 Å². The zero-order valence-corrected chi connectivity index (χ0v) is 22.8. The van der Waals surface area contributed by atoms with Gasteiger partial charge in [0.1, 0.15) is 6.10 Å². The molecule has 0 fully saturated rings. The van der Waals surface area contributed by atoms with E-state index in [1.807, 2.05) is 43.3 Å². The average Bonchev–Trinajstić information content (AvgIpc) is 2.95. The molecule has 40 heavy (non-hydrogen) atoms. The number of urea groups is 2. The smallest absolute Gasteiger partial charge is 0.323 e. The maximum absolute atomic E-state index is 13.6. The molecule has 1 aliphatic heterocycles. The molecule has 0 aliphatic carbocycles. The summed E-state index contributed by atoms with van der Waals surface area (Å²) in [6.07, 6.45) is -0.535. The van der Waals surface area contributed by atoms with E-state index in [9.17, 15) is 19.5 Å². The number of ether oxygens (including phenoxy) is 1. The minimum atomic E-state index is -0.535. The van der Waals surface area contributed by atoms with Crippen LogP contribution in [0, 0.1) is 5.92 Å². The molecule has 0 bridgehead atoms. The van der Waals surface area contributed by atoms with Gasteiger partial charge >= 0.3 is 12.1 Å². The second-order valence-electron chi connectivity index (χ2n) is 9.93. The molecule has 0 aromatic heterocycles. The van der Waals surface area contributed by atoms with E-state index in [2.05, 4.69) is 16.0 Å². The van der Waals surface area contributed by atoms with Gasteiger partial charge in [-0.2, -0.15) is 0 Å². The van der Waals surface area contributed by atoms with Crippen LogP contribution in [0.3, 0.4) is 0 Å². The molecule has 5 amide bonds. The van der Waals surface area contributed by atoms with Crippen molar-refractivity contribution < 1.29 is 24.2 Å². The molecule has 0 unspecified atom stereocenters. The van der Waals surface area contributed by atoms with Gasteiger partial charge in [-0.15, -0.1) is 0 Å². The van der Waals surface area contributed by atoms with Gasteiger partial charge in [-0.05, 0) is 43.3 Å². The number of hydrogen-bond acceptors (Lipinski definition) is 5. The van der Waals surface area contributed by atoms with Crippen LogP contribution in [0.4, 0.5) is 26.7 Å². The zero-order valence-electron chi connectivity index (χ0n) is 22.8. The van der Waals surface area contributed by atoms with E-state index in [-0.39, 0.29) is 42.3 Å². The molecule has 3 atom stereocenters. The molecule has 1 heterocycles. The molecular formula is C30H35N5O5. The van der Waals surface area contributed by atoms with Crippen molar-refractivity contribution >= 4 is 35.0 Å². The third kappa shape index (κ3) is 6.89. The van der Waals surface area contributed by atoms with Crippen molar-refractivity contribution in [1.82, 2.24) is 9.80 Å². The highest BCUT2D eigenvalue weighted by Gasteiger charge is 2.35. The number of nitrogens with zero attached hydrogens (tertiary/aromatic N) is 2. The summed E-state index contributed by atoms with van der Waals surface area (Å²) in [7, 11) is 1.67. The second-order valence-corrected chi connectivity index (χ2v) is 9.93. The van der Waals surface area contributed by atoms with Crippen LogP contribution in [0.25, 0.3) is 0 Å². The van der Waals surface area contributed by atoms with Gasteiger partial charge in [0.2, 0.25) is 0 Å².